The van der Waals surface area contributed by atoms with Crippen LogP contribution >= 0.6 is 15.9 Å². The predicted octanol–water partition coefficient (Wildman–Crippen LogP) is 3.80. The first-order valence-electron chi connectivity index (χ1n) is 7.47. The number of aryl methyl sites for hydroxylation is 1. The number of nitrogens with one attached hydrogen (secondary N) is 2. The van der Waals surface area contributed by atoms with Gasteiger partial charge in [0.05, 0.1) is 0 Å². The van der Waals surface area contributed by atoms with E-state index in [4.69, 9.17) is 4.52 Å². The summed E-state index contributed by atoms with van der Waals surface area (Å²) in [5.74, 6) is 0.115. The van der Waals surface area contributed by atoms with Crippen LogP contribution in [0.4, 0.5) is 11.5 Å². The molecule has 1 amide bonds. The summed E-state index contributed by atoms with van der Waals surface area (Å²) in [6.45, 7) is 1.65. The number of carbonyl (C=O) groups excluding carboxylic acids is 1. The Morgan fingerprint density at radius 3 is 2.50 bits per heavy atom. The molecule has 0 saturated carbocycles. The number of anilines is 2. The lowest BCUT2D eigenvalue weighted by Crippen LogP contribution is -2.16. The molecule has 2 aromatic carbocycles. The molecule has 1 heterocycles. The Bertz CT molecular complexity index is 1050. The number of hydrogen-bond donors (Lipinski definition) is 2. The summed E-state index contributed by atoms with van der Waals surface area (Å²) >= 11 is 3.21. The van der Waals surface area contributed by atoms with Crippen LogP contribution in [0, 0.1) is 6.92 Å². The van der Waals surface area contributed by atoms with Crippen molar-refractivity contribution in [3.8, 4) is 0 Å². The number of rotatable bonds is 5. The minimum Gasteiger partial charge on any atom is -0.360 e. The number of amides is 1. The molecule has 3 rings (SSSR count). The van der Waals surface area contributed by atoms with E-state index in [1.165, 1.54) is 24.3 Å². The molecule has 7 nitrogen and oxygen atoms in total. The van der Waals surface area contributed by atoms with Gasteiger partial charge in [0.2, 0.25) is 0 Å². The molecule has 0 fully saturated rings. The van der Waals surface area contributed by atoms with Crippen molar-refractivity contribution in [3.63, 3.8) is 0 Å². The lowest BCUT2D eigenvalue weighted by atomic mass is 10.2. The Balaban J connectivity index is 1.88. The Morgan fingerprint density at radius 1 is 1.12 bits per heavy atom. The van der Waals surface area contributed by atoms with Crippen molar-refractivity contribution < 1.29 is 17.7 Å². The van der Waals surface area contributed by atoms with Gasteiger partial charge < -0.3 is 9.84 Å². The van der Waals surface area contributed by atoms with Gasteiger partial charge in [0.1, 0.15) is 10.7 Å². The molecular formula is C17H14BrN3O4S. The van der Waals surface area contributed by atoms with Gasteiger partial charge in [0, 0.05) is 21.8 Å². The van der Waals surface area contributed by atoms with E-state index in [0.29, 0.717) is 15.9 Å². The third-order valence-corrected chi connectivity index (χ3v) is 5.73. The molecule has 3 aromatic rings. The Morgan fingerprint density at radius 2 is 1.85 bits per heavy atom. The van der Waals surface area contributed by atoms with E-state index in [0.717, 1.165) is 0 Å². The lowest BCUT2D eigenvalue weighted by molar-refractivity contribution is 0.102. The molecule has 0 atom stereocenters. The van der Waals surface area contributed by atoms with Gasteiger partial charge in [-0.1, -0.05) is 23.4 Å². The number of carbonyl (C=O) groups is 1. The maximum atomic E-state index is 12.6. The minimum absolute atomic E-state index is 0.0635. The highest BCUT2D eigenvalue weighted by Crippen LogP contribution is 2.26. The topological polar surface area (TPSA) is 101 Å². The Hall–Kier alpha value is -2.65. The van der Waals surface area contributed by atoms with Gasteiger partial charge in [0.15, 0.2) is 5.82 Å². The number of benzene rings is 2. The molecule has 2 N–H and O–H groups in total. The quantitative estimate of drug-likeness (QED) is 0.634. The molecule has 0 aliphatic rings. The monoisotopic (exact) mass is 435 g/mol. The molecule has 0 aliphatic carbocycles. The number of halogens is 1. The number of sulfonamides is 1. The SMILES string of the molecule is Cc1cc(NS(=O)(=O)c2cc(C(=O)Nc3ccccc3)ccc2Br)no1. The molecule has 0 unspecified atom stereocenters. The highest BCUT2D eigenvalue weighted by Gasteiger charge is 2.21. The molecule has 26 heavy (non-hydrogen) atoms. The van der Waals surface area contributed by atoms with Crippen molar-refractivity contribution in [3.05, 3.63) is 70.4 Å². The molecule has 1 aromatic heterocycles. The fourth-order valence-corrected chi connectivity index (χ4v) is 4.16. The van der Waals surface area contributed by atoms with Crippen LogP contribution in [0.3, 0.4) is 0 Å². The molecule has 0 spiro atoms. The van der Waals surface area contributed by atoms with Crippen LogP contribution in [0.1, 0.15) is 16.1 Å². The van der Waals surface area contributed by atoms with E-state index in [-0.39, 0.29) is 16.3 Å². The summed E-state index contributed by atoms with van der Waals surface area (Å²) in [6, 6.07) is 14.7. The van der Waals surface area contributed by atoms with Crippen LogP contribution in [-0.2, 0) is 10.0 Å². The first-order chi connectivity index (χ1) is 12.3. The average molecular weight is 436 g/mol. The first kappa shape index (κ1) is 18.2. The van der Waals surface area contributed by atoms with Crippen LogP contribution in [0.15, 0.2) is 68.5 Å². The maximum absolute atomic E-state index is 12.6. The number of nitrogens with zero attached hydrogens (tertiary/aromatic N) is 1. The van der Waals surface area contributed by atoms with E-state index < -0.39 is 15.9 Å². The van der Waals surface area contributed by atoms with Crippen LogP contribution in [-0.4, -0.2) is 19.5 Å². The molecule has 0 radical (unpaired) electrons. The summed E-state index contributed by atoms with van der Waals surface area (Å²) < 4.78 is 32.7. The Kier molecular flexibility index (Phi) is 5.10. The van der Waals surface area contributed by atoms with Crippen LogP contribution in [0.2, 0.25) is 0 Å². The maximum Gasteiger partial charge on any atom is 0.264 e. The lowest BCUT2D eigenvalue weighted by Gasteiger charge is -2.10. The van der Waals surface area contributed by atoms with Gasteiger partial charge in [0.25, 0.3) is 15.9 Å². The molecule has 9 heteroatoms. The van der Waals surface area contributed by atoms with E-state index in [1.807, 2.05) is 6.07 Å². The standard InChI is InChI=1S/C17H14BrN3O4S/c1-11-9-16(20-25-11)21-26(23,24)15-10-12(7-8-14(15)18)17(22)19-13-5-3-2-4-6-13/h2-10H,1H3,(H,19,22)(H,20,21). The number of para-hydroxylation sites is 1. The van der Waals surface area contributed by atoms with Gasteiger partial charge in [-0.15, -0.1) is 0 Å². The van der Waals surface area contributed by atoms with Crippen molar-refractivity contribution in [1.29, 1.82) is 0 Å². The third-order valence-electron chi connectivity index (χ3n) is 3.38. The highest BCUT2D eigenvalue weighted by atomic mass is 79.9. The van der Waals surface area contributed by atoms with Crippen molar-refractivity contribution in [2.24, 2.45) is 0 Å². The molecule has 134 valence electrons. The van der Waals surface area contributed by atoms with Crippen LogP contribution in [0.25, 0.3) is 0 Å². The summed E-state index contributed by atoms with van der Waals surface area (Å²) in [7, 11) is -3.96. The first-order valence-corrected chi connectivity index (χ1v) is 9.75. The fourth-order valence-electron chi connectivity index (χ4n) is 2.18. The molecule has 0 saturated heterocycles. The van der Waals surface area contributed by atoms with E-state index >= 15 is 0 Å². The fraction of sp³-hybridized carbons (Fsp3) is 0.0588. The minimum atomic E-state index is -3.96. The zero-order valence-corrected chi connectivity index (χ0v) is 16.0. The van der Waals surface area contributed by atoms with Gasteiger partial charge >= 0.3 is 0 Å². The zero-order valence-electron chi connectivity index (χ0n) is 13.6. The van der Waals surface area contributed by atoms with Crippen molar-refractivity contribution in [1.82, 2.24) is 5.16 Å². The second-order valence-electron chi connectivity index (χ2n) is 5.39. The molecule has 0 bridgehead atoms. The van der Waals surface area contributed by atoms with Gasteiger partial charge in [-0.3, -0.25) is 9.52 Å². The van der Waals surface area contributed by atoms with Crippen molar-refractivity contribution in [2.75, 3.05) is 10.0 Å². The normalized spacial score (nSPS) is 11.2. The van der Waals surface area contributed by atoms with E-state index in [2.05, 4.69) is 31.1 Å². The summed E-state index contributed by atoms with van der Waals surface area (Å²) in [4.78, 5) is 12.3. The third kappa shape index (κ3) is 4.12. The van der Waals surface area contributed by atoms with Crippen LogP contribution in [0.5, 0.6) is 0 Å². The summed E-state index contributed by atoms with van der Waals surface area (Å²) in [5.41, 5.74) is 0.815. The molecule has 0 aliphatic heterocycles. The number of hydrogen-bond acceptors (Lipinski definition) is 5. The van der Waals surface area contributed by atoms with Crippen molar-refractivity contribution in [2.45, 2.75) is 11.8 Å². The van der Waals surface area contributed by atoms with Gasteiger partial charge in [-0.05, 0) is 53.2 Å². The predicted molar refractivity (Wildman–Crippen MR) is 101 cm³/mol. The average Bonchev–Trinajstić information content (AvgIpc) is 3.00. The molecular weight excluding hydrogens is 422 g/mol. The van der Waals surface area contributed by atoms with E-state index in [1.54, 1.807) is 31.2 Å². The van der Waals surface area contributed by atoms with Crippen molar-refractivity contribution >= 4 is 43.4 Å². The van der Waals surface area contributed by atoms with E-state index in [9.17, 15) is 13.2 Å². The summed E-state index contributed by atoms with van der Waals surface area (Å²) in [5, 5.41) is 6.32. The zero-order chi connectivity index (χ0) is 18.7. The largest absolute Gasteiger partial charge is 0.360 e. The summed E-state index contributed by atoms with van der Waals surface area (Å²) in [6.07, 6.45) is 0. The smallest absolute Gasteiger partial charge is 0.264 e. The second kappa shape index (κ2) is 7.30. The highest BCUT2D eigenvalue weighted by molar-refractivity contribution is 9.10. The second-order valence-corrected chi connectivity index (χ2v) is 7.90. The van der Waals surface area contributed by atoms with Gasteiger partial charge in [-0.2, -0.15) is 0 Å². The van der Waals surface area contributed by atoms with Crippen LogP contribution < -0.4 is 10.0 Å². The number of aromatic nitrogens is 1. The Labute approximate surface area is 158 Å². The van der Waals surface area contributed by atoms with Gasteiger partial charge in [-0.25, -0.2) is 8.42 Å².